The van der Waals surface area contributed by atoms with Gasteiger partial charge in [-0.3, -0.25) is 5.10 Å². The number of nitrogens with zero attached hydrogens (tertiary/aromatic N) is 2. The zero-order valence-electron chi connectivity index (χ0n) is 16.2. The van der Waals surface area contributed by atoms with Crippen LogP contribution in [0.1, 0.15) is 49.6 Å². The molecule has 0 spiro atoms. The molecule has 2 aromatic carbocycles. The Labute approximate surface area is 159 Å². The molecule has 0 fully saturated rings. The summed E-state index contributed by atoms with van der Waals surface area (Å²) in [6.07, 6.45) is 0. The predicted molar refractivity (Wildman–Crippen MR) is 105 cm³/mol. The summed E-state index contributed by atoms with van der Waals surface area (Å²) < 4.78 is 11.0. The van der Waals surface area contributed by atoms with Crippen molar-refractivity contribution in [2.45, 2.75) is 38.8 Å². The van der Waals surface area contributed by atoms with Crippen molar-refractivity contribution in [1.82, 2.24) is 15.2 Å². The maximum Gasteiger partial charge on any atom is 0.172 e. The van der Waals surface area contributed by atoms with E-state index < -0.39 is 6.04 Å². The van der Waals surface area contributed by atoms with E-state index in [0.717, 1.165) is 17.1 Å². The quantitative estimate of drug-likeness (QED) is 0.694. The highest BCUT2D eigenvalue weighted by atomic mass is 16.5. The molecule has 0 radical (unpaired) electrons. The van der Waals surface area contributed by atoms with Crippen molar-refractivity contribution in [1.29, 1.82) is 0 Å². The number of nitrogens with one attached hydrogen (secondary N) is 1. The lowest BCUT2D eigenvalue weighted by Gasteiger charge is -2.19. The van der Waals surface area contributed by atoms with Gasteiger partial charge in [0, 0.05) is 0 Å². The second-order valence-electron chi connectivity index (χ2n) is 7.45. The highest BCUT2D eigenvalue weighted by Gasteiger charge is 2.16. The molecule has 3 aromatic rings. The molecule has 1 aromatic heterocycles. The molecule has 0 saturated carbocycles. The molecule has 0 saturated heterocycles. The number of methoxy groups -OCH3 is 1. The predicted octanol–water partition coefficient (Wildman–Crippen LogP) is 3.74. The van der Waals surface area contributed by atoms with Gasteiger partial charge in [-0.15, -0.1) is 0 Å². The highest BCUT2D eigenvalue weighted by Crippen LogP contribution is 2.24. The lowest BCUT2D eigenvalue weighted by Crippen LogP contribution is -2.13. The van der Waals surface area contributed by atoms with Crippen LogP contribution >= 0.6 is 0 Å². The number of benzene rings is 2. The molecule has 142 valence electrons. The molecular weight excluding hydrogens is 340 g/mol. The van der Waals surface area contributed by atoms with Crippen molar-refractivity contribution in [3.63, 3.8) is 0 Å². The Morgan fingerprint density at radius 2 is 1.63 bits per heavy atom. The van der Waals surface area contributed by atoms with Gasteiger partial charge in [0.25, 0.3) is 0 Å². The average Bonchev–Trinajstić information content (AvgIpc) is 3.14. The van der Waals surface area contributed by atoms with Crippen LogP contribution in [0, 0.1) is 0 Å². The molecular formula is C21H26N4O2. The van der Waals surface area contributed by atoms with Crippen LogP contribution in [0.3, 0.4) is 0 Å². The number of hydrogen-bond acceptors (Lipinski definition) is 5. The molecule has 3 N–H and O–H groups in total. The molecule has 0 aliphatic rings. The summed E-state index contributed by atoms with van der Waals surface area (Å²) in [5, 5.41) is 7.12. The molecule has 0 bridgehead atoms. The maximum atomic E-state index is 6.26. The molecule has 1 atom stereocenters. The summed E-state index contributed by atoms with van der Waals surface area (Å²) in [5.74, 6) is 2.74. The van der Waals surface area contributed by atoms with Crippen LogP contribution in [0.25, 0.3) is 0 Å². The van der Waals surface area contributed by atoms with E-state index in [4.69, 9.17) is 15.2 Å². The van der Waals surface area contributed by atoms with E-state index in [9.17, 15) is 0 Å². The Hall–Kier alpha value is -2.86. The largest absolute Gasteiger partial charge is 0.497 e. The third-order valence-corrected chi connectivity index (χ3v) is 4.40. The van der Waals surface area contributed by atoms with E-state index in [-0.39, 0.29) is 5.41 Å². The summed E-state index contributed by atoms with van der Waals surface area (Å²) in [6, 6.07) is 15.3. The Morgan fingerprint density at radius 1 is 1.00 bits per heavy atom. The summed E-state index contributed by atoms with van der Waals surface area (Å²) in [5.41, 5.74) is 8.56. The summed E-state index contributed by atoms with van der Waals surface area (Å²) in [7, 11) is 1.63. The molecule has 27 heavy (non-hydrogen) atoms. The van der Waals surface area contributed by atoms with Crippen molar-refractivity contribution in [3.05, 3.63) is 71.3 Å². The zero-order chi connectivity index (χ0) is 19.4. The van der Waals surface area contributed by atoms with Crippen LogP contribution in [-0.2, 0) is 12.0 Å². The first kappa shape index (κ1) is 18.9. The third kappa shape index (κ3) is 4.65. The van der Waals surface area contributed by atoms with Gasteiger partial charge in [0.05, 0.1) is 13.2 Å². The molecule has 6 nitrogen and oxygen atoms in total. The Balaban J connectivity index is 1.62. The van der Waals surface area contributed by atoms with Gasteiger partial charge in [0.1, 0.15) is 18.1 Å². The summed E-state index contributed by atoms with van der Waals surface area (Å²) >= 11 is 0. The summed E-state index contributed by atoms with van der Waals surface area (Å²) in [4.78, 5) is 4.45. The van der Waals surface area contributed by atoms with Crippen LogP contribution < -0.4 is 15.2 Å². The Bertz CT molecular complexity index is 864. The normalized spacial score (nSPS) is 12.6. The van der Waals surface area contributed by atoms with E-state index in [1.165, 1.54) is 5.56 Å². The van der Waals surface area contributed by atoms with E-state index in [1.54, 1.807) is 7.11 Å². The SMILES string of the molecule is COc1ccc(C(N)c2n[nH]c(COc3ccc(C(C)(C)C)cc3)n2)cc1. The molecule has 0 amide bonds. The van der Waals surface area contributed by atoms with E-state index >= 15 is 0 Å². The van der Waals surface area contributed by atoms with Gasteiger partial charge in [-0.25, -0.2) is 4.98 Å². The number of hydrogen-bond donors (Lipinski definition) is 2. The fraction of sp³-hybridized carbons (Fsp3) is 0.333. The number of ether oxygens (including phenoxy) is 2. The monoisotopic (exact) mass is 366 g/mol. The zero-order valence-corrected chi connectivity index (χ0v) is 16.2. The molecule has 1 unspecified atom stereocenters. The van der Waals surface area contributed by atoms with E-state index in [2.05, 4.69) is 48.1 Å². The molecule has 6 heteroatoms. The fourth-order valence-corrected chi connectivity index (χ4v) is 2.68. The molecule has 3 rings (SSSR count). The van der Waals surface area contributed by atoms with Gasteiger partial charge >= 0.3 is 0 Å². The minimum Gasteiger partial charge on any atom is -0.497 e. The second kappa shape index (κ2) is 7.80. The minimum absolute atomic E-state index is 0.121. The first-order valence-corrected chi connectivity index (χ1v) is 8.91. The van der Waals surface area contributed by atoms with Crippen LogP contribution in [0.2, 0.25) is 0 Å². The second-order valence-corrected chi connectivity index (χ2v) is 7.45. The van der Waals surface area contributed by atoms with Gasteiger partial charge in [-0.2, -0.15) is 5.10 Å². The van der Waals surface area contributed by atoms with Crippen molar-refractivity contribution < 1.29 is 9.47 Å². The van der Waals surface area contributed by atoms with E-state index in [0.29, 0.717) is 18.3 Å². The number of aromatic nitrogens is 3. The summed E-state index contributed by atoms with van der Waals surface area (Å²) in [6.45, 7) is 6.86. The van der Waals surface area contributed by atoms with Crippen molar-refractivity contribution in [2.75, 3.05) is 7.11 Å². The van der Waals surface area contributed by atoms with Crippen LogP contribution in [-0.4, -0.2) is 22.3 Å². The number of aromatic amines is 1. The van der Waals surface area contributed by atoms with Crippen LogP contribution in [0.15, 0.2) is 48.5 Å². The number of nitrogens with two attached hydrogens (primary N) is 1. The van der Waals surface area contributed by atoms with Crippen LogP contribution in [0.4, 0.5) is 0 Å². The van der Waals surface area contributed by atoms with Crippen molar-refractivity contribution in [2.24, 2.45) is 5.73 Å². The standard InChI is InChI=1S/C21H26N4O2/c1-21(2,3)15-7-11-17(12-8-15)27-13-18-23-20(25-24-18)19(22)14-5-9-16(26-4)10-6-14/h5-12,19H,13,22H2,1-4H3,(H,23,24,25). The van der Waals surface area contributed by atoms with E-state index in [1.807, 2.05) is 36.4 Å². The van der Waals surface area contributed by atoms with Gasteiger partial charge in [-0.05, 0) is 40.8 Å². The Morgan fingerprint density at radius 3 is 2.22 bits per heavy atom. The first-order valence-electron chi connectivity index (χ1n) is 8.91. The third-order valence-electron chi connectivity index (χ3n) is 4.40. The topological polar surface area (TPSA) is 86.0 Å². The fourth-order valence-electron chi connectivity index (χ4n) is 2.68. The number of rotatable bonds is 6. The minimum atomic E-state index is -0.410. The average molecular weight is 366 g/mol. The Kier molecular flexibility index (Phi) is 5.46. The lowest BCUT2D eigenvalue weighted by molar-refractivity contribution is 0.296. The highest BCUT2D eigenvalue weighted by molar-refractivity contribution is 5.32. The van der Waals surface area contributed by atoms with Gasteiger partial charge < -0.3 is 15.2 Å². The van der Waals surface area contributed by atoms with Gasteiger partial charge in [0.2, 0.25) is 0 Å². The molecule has 0 aliphatic heterocycles. The molecule has 0 aliphatic carbocycles. The molecule has 1 heterocycles. The van der Waals surface area contributed by atoms with Gasteiger partial charge in [-0.1, -0.05) is 45.0 Å². The smallest absolute Gasteiger partial charge is 0.172 e. The van der Waals surface area contributed by atoms with Crippen LogP contribution in [0.5, 0.6) is 11.5 Å². The lowest BCUT2D eigenvalue weighted by atomic mass is 9.87. The maximum absolute atomic E-state index is 6.26. The van der Waals surface area contributed by atoms with Crippen molar-refractivity contribution >= 4 is 0 Å². The number of H-pyrrole nitrogens is 1. The van der Waals surface area contributed by atoms with Crippen molar-refractivity contribution in [3.8, 4) is 11.5 Å². The first-order chi connectivity index (χ1) is 12.9. The van der Waals surface area contributed by atoms with Gasteiger partial charge in [0.15, 0.2) is 11.6 Å².